The lowest BCUT2D eigenvalue weighted by molar-refractivity contribution is -0.132. The van der Waals surface area contributed by atoms with Crippen LogP contribution >= 0.6 is 0 Å². The van der Waals surface area contributed by atoms with Gasteiger partial charge in [-0.1, -0.05) is 0 Å². The SMILES string of the molecule is CC(=O)Oc1ccc(C(=O)OCOC(=O)c2ccc(OC(C)=O)cc2)cc1. The van der Waals surface area contributed by atoms with Crippen molar-refractivity contribution in [3.8, 4) is 11.5 Å². The molecule has 0 aliphatic carbocycles. The Balaban J connectivity index is 1.82. The van der Waals surface area contributed by atoms with Crippen molar-refractivity contribution in [3.63, 3.8) is 0 Å². The van der Waals surface area contributed by atoms with E-state index in [-0.39, 0.29) is 11.1 Å². The molecule has 0 N–H and O–H groups in total. The summed E-state index contributed by atoms with van der Waals surface area (Å²) in [6.07, 6.45) is 0. The van der Waals surface area contributed by atoms with Gasteiger partial charge in [0.2, 0.25) is 6.79 Å². The van der Waals surface area contributed by atoms with Gasteiger partial charge in [-0.25, -0.2) is 9.59 Å². The van der Waals surface area contributed by atoms with E-state index in [0.29, 0.717) is 11.5 Å². The van der Waals surface area contributed by atoms with Gasteiger partial charge in [0, 0.05) is 13.8 Å². The Morgan fingerprint density at radius 1 is 0.630 bits per heavy atom. The molecule has 140 valence electrons. The van der Waals surface area contributed by atoms with Crippen LogP contribution in [0, 0.1) is 0 Å². The molecule has 0 fully saturated rings. The summed E-state index contributed by atoms with van der Waals surface area (Å²) in [6.45, 7) is 1.95. The number of rotatable bonds is 6. The first-order chi connectivity index (χ1) is 12.8. The largest absolute Gasteiger partial charge is 0.427 e. The van der Waals surface area contributed by atoms with Crippen LogP contribution in [0.3, 0.4) is 0 Å². The normalized spacial score (nSPS) is 9.85. The van der Waals surface area contributed by atoms with Gasteiger partial charge in [-0.15, -0.1) is 0 Å². The fraction of sp³-hybridized carbons (Fsp3) is 0.158. The summed E-state index contributed by atoms with van der Waals surface area (Å²) in [6, 6.07) is 11.4. The van der Waals surface area contributed by atoms with Crippen molar-refractivity contribution in [1.29, 1.82) is 0 Å². The molecular weight excluding hydrogens is 356 g/mol. The van der Waals surface area contributed by atoms with Gasteiger partial charge in [-0.3, -0.25) is 9.59 Å². The van der Waals surface area contributed by atoms with Gasteiger partial charge in [0.1, 0.15) is 11.5 Å². The van der Waals surface area contributed by atoms with Crippen LogP contribution in [0.25, 0.3) is 0 Å². The first kappa shape index (κ1) is 19.6. The van der Waals surface area contributed by atoms with Crippen molar-refractivity contribution in [2.75, 3.05) is 6.79 Å². The summed E-state index contributed by atoms with van der Waals surface area (Å²) in [4.78, 5) is 45.4. The summed E-state index contributed by atoms with van der Waals surface area (Å²) in [5, 5.41) is 0. The number of hydrogen-bond donors (Lipinski definition) is 0. The third-order valence-corrected chi connectivity index (χ3v) is 3.08. The number of esters is 4. The first-order valence-electron chi connectivity index (χ1n) is 7.76. The Hall–Kier alpha value is -3.68. The predicted molar refractivity (Wildman–Crippen MR) is 91.2 cm³/mol. The summed E-state index contributed by atoms with van der Waals surface area (Å²) in [5.74, 6) is -1.77. The Kier molecular flexibility index (Phi) is 6.65. The number of carbonyl (C=O) groups is 4. The number of benzene rings is 2. The molecule has 0 unspecified atom stereocenters. The van der Waals surface area contributed by atoms with Gasteiger partial charge >= 0.3 is 23.9 Å². The van der Waals surface area contributed by atoms with Crippen LogP contribution in [0.1, 0.15) is 34.6 Å². The second-order valence-electron chi connectivity index (χ2n) is 5.22. The molecule has 8 heteroatoms. The molecule has 0 spiro atoms. The van der Waals surface area contributed by atoms with Crippen LogP contribution in [0.2, 0.25) is 0 Å². The average molecular weight is 372 g/mol. The molecule has 2 aromatic carbocycles. The van der Waals surface area contributed by atoms with Crippen molar-refractivity contribution in [2.24, 2.45) is 0 Å². The minimum atomic E-state index is -0.706. The Bertz CT molecular complexity index is 766. The van der Waals surface area contributed by atoms with E-state index in [1.54, 1.807) is 0 Å². The van der Waals surface area contributed by atoms with E-state index in [0.717, 1.165) is 0 Å². The number of carbonyl (C=O) groups excluding carboxylic acids is 4. The van der Waals surface area contributed by atoms with Crippen molar-refractivity contribution in [3.05, 3.63) is 59.7 Å². The van der Waals surface area contributed by atoms with Crippen LogP contribution in [0.4, 0.5) is 0 Å². The molecule has 0 radical (unpaired) electrons. The van der Waals surface area contributed by atoms with Crippen molar-refractivity contribution < 1.29 is 38.1 Å². The lowest BCUT2D eigenvalue weighted by Crippen LogP contribution is -2.13. The average Bonchev–Trinajstić information content (AvgIpc) is 2.61. The number of ether oxygens (including phenoxy) is 4. The van der Waals surface area contributed by atoms with E-state index in [2.05, 4.69) is 0 Å². The minimum Gasteiger partial charge on any atom is -0.427 e. The zero-order chi connectivity index (χ0) is 19.8. The highest BCUT2D eigenvalue weighted by molar-refractivity contribution is 5.91. The van der Waals surface area contributed by atoms with Crippen LogP contribution in [0.5, 0.6) is 11.5 Å². The summed E-state index contributed by atoms with van der Waals surface area (Å²) < 4.78 is 19.4. The van der Waals surface area contributed by atoms with Crippen molar-refractivity contribution in [1.82, 2.24) is 0 Å². The third-order valence-electron chi connectivity index (χ3n) is 3.08. The van der Waals surface area contributed by atoms with Crippen molar-refractivity contribution in [2.45, 2.75) is 13.8 Å². The topological polar surface area (TPSA) is 105 Å². The number of hydrogen-bond acceptors (Lipinski definition) is 8. The fourth-order valence-corrected chi connectivity index (χ4v) is 1.95. The molecule has 2 aromatic rings. The van der Waals surface area contributed by atoms with Gasteiger partial charge in [-0.2, -0.15) is 0 Å². The van der Waals surface area contributed by atoms with Gasteiger partial charge in [0.05, 0.1) is 11.1 Å². The lowest BCUT2D eigenvalue weighted by Gasteiger charge is -2.07. The maximum absolute atomic E-state index is 11.9. The van der Waals surface area contributed by atoms with Gasteiger partial charge in [0.15, 0.2) is 0 Å². The molecule has 0 saturated carbocycles. The zero-order valence-electron chi connectivity index (χ0n) is 14.6. The Labute approximate surface area is 154 Å². The van der Waals surface area contributed by atoms with Gasteiger partial charge in [0.25, 0.3) is 0 Å². The first-order valence-corrected chi connectivity index (χ1v) is 7.76. The van der Waals surface area contributed by atoms with E-state index < -0.39 is 30.7 Å². The molecule has 0 atom stereocenters. The zero-order valence-corrected chi connectivity index (χ0v) is 14.6. The molecule has 0 aliphatic heterocycles. The van der Waals surface area contributed by atoms with E-state index in [1.807, 2.05) is 0 Å². The third kappa shape index (κ3) is 6.28. The highest BCUT2D eigenvalue weighted by Crippen LogP contribution is 2.14. The Morgan fingerprint density at radius 2 is 0.963 bits per heavy atom. The maximum atomic E-state index is 11.9. The maximum Gasteiger partial charge on any atom is 0.341 e. The highest BCUT2D eigenvalue weighted by Gasteiger charge is 2.11. The van der Waals surface area contributed by atoms with E-state index in [4.69, 9.17) is 18.9 Å². The van der Waals surface area contributed by atoms with E-state index >= 15 is 0 Å². The summed E-state index contributed by atoms with van der Waals surface area (Å²) in [7, 11) is 0. The van der Waals surface area contributed by atoms with E-state index in [1.165, 1.54) is 62.4 Å². The molecule has 0 aliphatic rings. The second kappa shape index (κ2) is 9.14. The molecule has 27 heavy (non-hydrogen) atoms. The molecule has 2 rings (SSSR count). The molecule has 0 aromatic heterocycles. The van der Waals surface area contributed by atoms with Crippen LogP contribution < -0.4 is 9.47 Å². The van der Waals surface area contributed by atoms with Crippen LogP contribution in [-0.2, 0) is 19.1 Å². The van der Waals surface area contributed by atoms with Crippen LogP contribution in [-0.4, -0.2) is 30.7 Å². The van der Waals surface area contributed by atoms with Crippen LogP contribution in [0.15, 0.2) is 48.5 Å². The highest BCUT2D eigenvalue weighted by atomic mass is 16.7. The molecule has 8 nitrogen and oxygen atoms in total. The fourth-order valence-electron chi connectivity index (χ4n) is 1.95. The van der Waals surface area contributed by atoms with Gasteiger partial charge in [-0.05, 0) is 48.5 Å². The smallest absolute Gasteiger partial charge is 0.341 e. The summed E-state index contributed by atoms with van der Waals surface area (Å²) in [5.41, 5.74) is 0.403. The van der Waals surface area contributed by atoms with E-state index in [9.17, 15) is 19.2 Å². The minimum absolute atomic E-state index is 0.202. The molecule has 0 bridgehead atoms. The lowest BCUT2D eigenvalue weighted by atomic mass is 10.2. The van der Waals surface area contributed by atoms with Crippen molar-refractivity contribution >= 4 is 23.9 Å². The molecule has 0 saturated heterocycles. The summed E-state index contributed by atoms with van der Waals surface area (Å²) >= 11 is 0. The molecular formula is C19H16O8. The predicted octanol–water partition coefficient (Wildman–Crippen LogP) is 2.51. The monoisotopic (exact) mass is 372 g/mol. The molecule has 0 heterocycles. The van der Waals surface area contributed by atoms with Gasteiger partial charge < -0.3 is 18.9 Å². The quantitative estimate of drug-likeness (QED) is 0.433. The Morgan fingerprint density at radius 3 is 1.26 bits per heavy atom. The molecule has 0 amide bonds. The second-order valence-corrected chi connectivity index (χ2v) is 5.22. The standard InChI is InChI=1S/C19H16O8/c1-12(20)26-16-7-3-14(4-8-16)18(22)24-11-25-19(23)15-5-9-17(10-6-15)27-13(2)21/h3-10H,11H2,1-2H3.